The molecule has 0 aliphatic heterocycles. The molecular formula is C8H3F11. The zero-order chi connectivity index (χ0) is 15.7. The number of rotatable bonds is 1. The van der Waals surface area contributed by atoms with Gasteiger partial charge in [0.05, 0.1) is 0 Å². The average molecular weight is 308 g/mol. The fraction of sp³-hybridized carbons (Fsp3) is 0.750. The van der Waals surface area contributed by atoms with Gasteiger partial charge in [-0.3, -0.25) is 0 Å². The van der Waals surface area contributed by atoms with E-state index < -0.39 is 41.4 Å². The van der Waals surface area contributed by atoms with Crippen molar-refractivity contribution in [3.8, 4) is 0 Å². The van der Waals surface area contributed by atoms with Crippen molar-refractivity contribution in [2.75, 3.05) is 0 Å². The maximum atomic E-state index is 13.3. The highest BCUT2D eigenvalue weighted by Crippen LogP contribution is 2.69. The molecule has 0 radical (unpaired) electrons. The van der Waals surface area contributed by atoms with Crippen LogP contribution in [0.3, 0.4) is 0 Å². The molecule has 0 heterocycles. The van der Waals surface area contributed by atoms with E-state index in [4.69, 9.17) is 0 Å². The fourth-order valence-electron chi connectivity index (χ4n) is 1.50. The number of allylic oxidation sites excluding steroid dienone is 1. The first-order valence-corrected chi connectivity index (χ1v) is 4.28. The van der Waals surface area contributed by atoms with Crippen LogP contribution in [0.4, 0.5) is 48.3 Å². The topological polar surface area (TPSA) is 0 Å². The van der Waals surface area contributed by atoms with Crippen LogP contribution in [-0.4, -0.2) is 35.3 Å². The summed E-state index contributed by atoms with van der Waals surface area (Å²) < 4.78 is 141. The van der Waals surface area contributed by atoms with Crippen LogP contribution < -0.4 is 0 Å². The van der Waals surface area contributed by atoms with Gasteiger partial charge in [-0.2, -0.15) is 43.9 Å². The van der Waals surface area contributed by atoms with Crippen LogP contribution in [0.2, 0.25) is 0 Å². The summed E-state index contributed by atoms with van der Waals surface area (Å²) in [4.78, 5) is 0. The standard InChI is InChI=1S/C8H3F11/c1-2-3(9)4(10,11)6(14,15)8(18,19)7(16,17)5(3,12)13/h2H,1H2. The minimum atomic E-state index is -7.16. The molecule has 0 saturated heterocycles. The van der Waals surface area contributed by atoms with Crippen LogP contribution in [0.15, 0.2) is 12.7 Å². The van der Waals surface area contributed by atoms with E-state index in [-0.39, 0.29) is 0 Å². The summed E-state index contributed by atoms with van der Waals surface area (Å²) >= 11 is 0. The Morgan fingerprint density at radius 1 is 0.474 bits per heavy atom. The molecule has 112 valence electrons. The van der Waals surface area contributed by atoms with Gasteiger partial charge in [-0.15, -0.1) is 0 Å². The Labute approximate surface area is 97.4 Å². The Bertz CT molecular complexity index is 377. The second-order valence-electron chi connectivity index (χ2n) is 3.79. The number of hydrogen-bond acceptors (Lipinski definition) is 0. The minimum Gasteiger partial charge on any atom is -0.225 e. The monoisotopic (exact) mass is 308 g/mol. The van der Waals surface area contributed by atoms with Gasteiger partial charge in [-0.1, -0.05) is 6.58 Å². The van der Waals surface area contributed by atoms with Gasteiger partial charge in [0.2, 0.25) is 0 Å². The first-order chi connectivity index (χ1) is 8.06. The molecule has 1 fully saturated rings. The highest BCUT2D eigenvalue weighted by Gasteiger charge is 3.00. The molecule has 11 heteroatoms. The molecule has 0 nitrogen and oxygen atoms in total. The summed E-state index contributed by atoms with van der Waals surface area (Å²) in [5.74, 6) is -34.8. The van der Waals surface area contributed by atoms with Gasteiger partial charge in [-0.25, -0.2) is 4.39 Å². The van der Waals surface area contributed by atoms with Gasteiger partial charge in [0.15, 0.2) is 0 Å². The van der Waals surface area contributed by atoms with Crippen LogP contribution in [0.5, 0.6) is 0 Å². The molecule has 0 aromatic rings. The van der Waals surface area contributed by atoms with Crippen molar-refractivity contribution in [2.45, 2.75) is 35.3 Å². The Morgan fingerprint density at radius 2 is 0.684 bits per heavy atom. The maximum absolute atomic E-state index is 13.3. The van der Waals surface area contributed by atoms with Gasteiger partial charge in [0.1, 0.15) is 0 Å². The summed E-state index contributed by atoms with van der Waals surface area (Å²) in [6, 6.07) is 0. The molecule has 1 saturated carbocycles. The third-order valence-corrected chi connectivity index (χ3v) is 2.77. The van der Waals surface area contributed by atoms with Crippen LogP contribution in [-0.2, 0) is 0 Å². The molecule has 1 aliphatic rings. The van der Waals surface area contributed by atoms with E-state index in [2.05, 4.69) is 0 Å². The van der Waals surface area contributed by atoms with Crippen molar-refractivity contribution in [2.24, 2.45) is 0 Å². The lowest BCUT2D eigenvalue weighted by atomic mass is 9.72. The van der Waals surface area contributed by atoms with E-state index in [1.807, 2.05) is 6.58 Å². The highest BCUT2D eigenvalue weighted by molar-refractivity contribution is 5.31. The quantitative estimate of drug-likeness (QED) is 0.506. The zero-order valence-corrected chi connectivity index (χ0v) is 8.44. The van der Waals surface area contributed by atoms with Gasteiger partial charge >= 0.3 is 29.6 Å². The van der Waals surface area contributed by atoms with Crippen LogP contribution in [0.1, 0.15) is 0 Å². The second kappa shape index (κ2) is 3.35. The lowest BCUT2D eigenvalue weighted by molar-refractivity contribution is -0.476. The molecule has 0 N–H and O–H groups in total. The van der Waals surface area contributed by atoms with Crippen LogP contribution >= 0.6 is 0 Å². The number of alkyl halides is 11. The van der Waals surface area contributed by atoms with Gasteiger partial charge in [0.25, 0.3) is 5.67 Å². The SMILES string of the molecule is C=CC1(F)C(F)(F)C(F)(F)C(F)(F)C(F)(F)C1(F)F. The van der Waals surface area contributed by atoms with E-state index in [9.17, 15) is 48.3 Å². The number of hydrogen-bond donors (Lipinski definition) is 0. The number of halogens is 11. The first kappa shape index (κ1) is 16.0. The molecule has 0 aromatic heterocycles. The molecule has 0 spiro atoms. The molecule has 19 heavy (non-hydrogen) atoms. The van der Waals surface area contributed by atoms with Crippen molar-refractivity contribution in [1.29, 1.82) is 0 Å². The summed E-state index contributed by atoms with van der Waals surface area (Å²) in [6.07, 6.45) is -1.23. The van der Waals surface area contributed by atoms with Crippen LogP contribution in [0.25, 0.3) is 0 Å². The summed E-state index contributed by atoms with van der Waals surface area (Å²) in [6.45, 7) is 1.98. The lowest BCUT2D eigenvalue weighted by Crippen LogP contribution is -2.83. The van der Waals surface area contributed by atoms with Crippen LogP contribution in [0, 0.1) is 0 Å². The fourth-order valence-corrected chi connectivity index (χ4v) is 1.50. The average Bonchev–Trinajstić information content (AvgIpc) is 2.24. The minimum absolute atomic E-state index is 1.23. The summed E-state index contributed by atoms with van der Waals surface area (Å²) in [5.41, 5.74) is -6.05. The van der Waals surface area contributed by atoms with E-state index >= 15 is 0 Å². The molecule has 1 rings (SSSR count). The maximum Gasteiger partial charge on any atom is 0.384 e. The predicted molar refractivity (Wildman–Crippen MR) is 38.8 cm³/mol. The van der Waals surface area contributed by atoms with Crippen molar-refractivity contribution in [3.05, 3.63) is 12.7 Å². The third kappa shape index (κ3) is 1.21. The molecule has 0 unspecified atom stereocenters. The normalized spacial score (nSPS) is 32.6. The largest absolute Gasteiger partial charge is 0.384 e. The molecular weight excluding hydrogens is 305 g/mol. The predicted octanol–water partition coefficient (Wildman–Crippen LogP) is 4.07. The molecule has 1 aliphatic carbocycles. The Morgan fingerprint density at radius 3 is 0.895 bits per heavy atom. The van der Waals surface area contributed by atoms with Gasteiger partial charge in [0, 0.05) is 0 Å². The van der Waals surface area contributed by atoms with Crippen molar-refractivity contribution >= 4 is 0 Å². The van der Waals surface area contributed by atoms with Gasteiger partial charge in [-0.05, 0) is 6.08 Å². The third-order valence-electron chi connectivity index (χ3n) is 2.77. The molecule has 0 atom stereocenters. The van der Waals surface area contributed by atoms with Crippen molar-refractivity contribution in [3.63, 3.8) is 0 Å². The molecule has 0 amide bonds. The lowest BCUT2D eigenvalue weighted by Gasteiger charge is -2.51. The first-order valence-electron chi connectivity index (χ1n) is 4.28. The molecule has 0 aromatic carbocycles. The van der Waals surface area contributed by atoms with E-state index in [1.54, 1.807) is 0 Å². The van der Waals surface area contributed by atoms with E-state index in [0.29, 0.717) is 0 Å². The Balaban J connectivity index is 3.81. The van der Waals surface area contributed by atoms with Gasteiger partial charge < -0.3 is 0 Å². The van der Waals surface area contributed by atoms with E-state index in [0.717, 1.165) is 0 Å². The Hall–Kier alpha value is -1.03. The smallest absolute Gasteiger partial charge is 0.225 e. The second-order valence-corrected chi connectivity index (χ2v) is 3.79. The summed E-state index contributed by atoms with van der Waals surface area (Å²) in [5, 5.41) is 0. The molecule has 0 bridgehead atoms. The highest BCUT2D eigenvalue weighted by atomic mass is 19.4. The Kier molecular flexibility index (Phi) is 2.82. The summed E-state index contributed by atoms with van der Waals surface area (Å²) in [7, 11) is 0. The zero-order valence-electron chi connectivity index (χ0n) is 8.44. The van der Waals surface area contributed by atoms with Crippen molar-refractivity contribution < 1.29 is 48.3 Å². The van der Waals surface area contributed by atoms with E-state index in [1.165, 1.54) is 0 Å². The van der Waals surface area contributed by atoms with Crippen molar-refractivity contribution in [1.82, 2.24) is 0 Å².